The molecule has 11 atom stereocenters. The fourth-order valence-corrected chi connectivity index (χ4v) is 8.97. The molecule has 0 bridgehead atoms. The lowest BCUT2D eigenvalue weighted by atomic mass is 9.42. The van der Waals surface area contributed by atoms with Crippen molar-refractivity contribution >= 4 is 11.8 Å². The van der Waals surface area contributed by atoms with E-state index in [4.69, 9.17) is 9.47 Å². The predicted octanol–water partition coefficient (Wildman–Crippen LogP) is 4.79. The van der Waals surface area contributed by atoms with E-state index in [1.165, 1.54) is 19.3 Å². The average molecular weight is 403 g/mol. The fourth-order valence-electron chi connectivity index (χ4n) is 8.97. The zero-order valence-electron chi connectivity index (χ0n) is 18.8. The summed E-state index contributed by atoms with van der Waals surface area (Å²) in [6.07, 6.45) is 8.02. The Balaban J connectivity index is 1.50. The molecule has 0 aromatic rings. The summed E-state index contributed by atoms with van der Waals surface area (Å²) in [4.78, 5) is 24.2. The van der Waals surface area contributed by atoms with Gasteiger partial charge < -0.3 is 9.47 Å². The van der Waals surface area contributed by atoms with Crippen molar-refractivity contribution in [2.75, 3.05) is 0 Å². The van der Waals surface area contributed by atoms with Crippen LogP contribution in [0.1, 0.15) is 79.6 Å². The van der Waals surface area contributed by atoms with Crippen LogP contribution in [0.2, 0.25) is 0 Å². The largest absolute Gasteiger partial charge is 0.462 e. The standard InChI is InChI=1S/C25H38O4/c1-13-10-17(27)11-16-6-7-18-20(25(13,16)5)8-9-24(4)21(29-15(3)26)12-19(22(18)24)23-14(2)28-23/h13-14,16,18-23H,6-12H2,1-5H3/t13-,14?,16-,18+,19+,20-,21-,22+,23?,24+,25-/m0/s1. The van der Waals surface area contributed by atoms with Gasteiger partial charge in [0, 0.05) is 25.2 Å². The first-order valence-corrected chi connectivity index (χ1v) is 12.0. The van der Waals surface area contributed by atoms with Gasteiger partial charge in [0.05, 0.1) is 12.2 Å². The van der Waals surface area contributed by atoms with Crippen molar-refractivity contribution in [2.45, 2.75) is 97.9 Å². The Hall–Kier alpha value is -0.900. The molecule has 4 aliphatic carbocycles. The highest BCUT2D eigenvalue weighted by Gasteiger charge is 2.67. The zero-order chi connectivity index (χ0) is 20.7. The normalized spacial score (nSPS) is 56.2. The summed E-state index contributed by atoms with van der Waals surface area (Å²) in [6, 6.07) is 0. The van der Waals surface area contributed by atoms with Crippen molar-refractivity contribution in [1.82, 2.24) is 0 Å². The number of hydrogen-bond acceptors (Lipinski definition) is 4. The first kappa shape index (κ1) is 20.0. The summed E-state index contributed by atoms with van der Waals surface area (Å²) in [5, 5.41) is 0. The summed E-state index contributed by atoms with van der Waals surface area (Å²) >= 11 is 0. The van der Waals surface area contributed by atoms with Crippen LogP contribution < -0.4 is 0 Å². The van der Waals surface area contributed by atoms with Gasteiger partial charge in [0.1, 0.15) is 11.9 Å². The second kappa shape index (κ2) is 6.55. The SMILES string of the molecule is CC(=O)O[C@H]1C[C@@H](C2OC2C)[C@H]2[C@@H]3CC[C@H]4CC(=O)C[C@H](C)[C@]4(C)[C@H]3CC[C@@]21C. The van der Waals surface area contributed by atoms with E-state index in [9.17, 15) is 9.59 Å². The first-order chi connectivity index (χ1) is 13.7. The number of Topliss-reactive ketones (excluding diaryl/α,β-unsaturated/α-hetero) is 1. The molecule has 4 nitrogen and oxygen atoms in total. The van der Waals surface area contributed by atoms with Crippen molar-refractivity contribution in [3.8, 4) is 0 Å². The van der Waals surface area contributed by atoms with E-state index in [1.54, 1.807) is 6.92 Å². The second-order valence-corrected chi connectivity index (χ2v) is 11.6. The van der Waals surface area contributed by atoms with Crippen LogP contribution in [-0.4, -0.2) is 30.1 Å². The van der Waals surface area contributed by atoms with E-state index in [0.29, 0.717) is 53.5 Å². The average Bonchev–Trinajstić information content (AvgIpc) is 3.29. The molecule has 1 aliphatic heterocycles. The molecule has 0 aromatic heterocycles. The van der Waals surface area contributed by atoms with E-state index >= 15 is 0 Å². The minimum atomic E-state index is -0.141. The van der Waals surface area contributed by atoms with Gasteiger partial charge in [-0.2, -0.15) is 0 Å². The molecule has 0 radical (unpaired) electrons. The molecule has 162 valence electrons. The van der Waals surface area contributed by atoms with Gasteiger partial charge >= 0.3 is 5.97 Å². The number of rotatable bonds is 2. The molecular formula is C25H38O4. The molecule has 2 unspecified atom stereocenters. The number of carbonyl (C=O) groups is 2. The van der Waals surface area contributed by atoms with E-state index < -0.39 is 0 Å². The smallest absolute Gasteiger partial charge is 0.302 e. The molecule has 1 heterocycles. The lowest BCUT2D eigenvalue weighted by Crippen LogP contribution is -2.57. The Morgan fingerprint density at radius 3 is 2.48 bits per heavy atom. The van der Waals surface area contributed by atoms with Gasteiger partial charge in [0.25, 0.3) is 0 Å². The van der Waals surface area contributed by atoms with E-state index in [0.717, 1.165) is 25.7 Å². The van der Waals surface area contributed by atoms with Crippen molar-refractivity contribution in [3.05, 3.63) is 0 Å². The maximum atomic E-state index is 12.3. The van der Waals surface area contributed by atoms with E-state index in [-0.39, 0.29) is 22.9 Å². The molecule has 0 amide bonds. The van der Waals surface area contributed by atoms with Crippen LogP contribution in [0.4, 0.5) is 0 Å². The Labute approximate surface area is 175 Å². The molecule has 0 N–H and O–H groups in total. The van der Waals surface area contributed by atoms with Crippen LogP contribution in [0.3, 0.4) is 0 Å². The van der Waals surface area contributed by atoms with Gasteiger partial charge in [0.15, 0.2) is 0 Å². The molecular weight excluding hydrogens is 364 g/mol. The molecule has 4 heteroatoms. The van der Waals surface area contributed by atoms with Gasteiger partial charge in [0.2, 0.25) is 0 Å². The van der Waals surface area contributed by atoms with Crippen LogP contribution >= 0.6 is 0 Å². The lowest BCUT2D eigenvalue weighted by Gasteiger charge is -2.62. The van der Waals surface area contributed by atoms with Crippen molar-refractivity contribution < 1.29 is 19.1 Å². The molecule has 0 spiro atoms. The molecule has 4 saturated carbocycles. The second-order valence-electron chi connectivity index (χ2n) is 11.6. The number of esters is 1. The highest BCUT2D eigenvalue weighted by atomic mass is 16.6. The van der Waals surface area contributed by atoms with Gasteiger partial charge in [-0.15, -0.1) is 0 Å². The third-order valence-electron chi connectivity index (χ3n) is 10.5. The number of ether oxygens (including phenoxy) is 2. The van der Waals surface area contributed by atoms with Crippen LogP contribution in [0, 0.1) is 46.3 Å². The van der Waals surface area contributed by atoms with Crippen molar-refractivity contribution in [1.29, 1.82) is 0 Å². The highest BCUT2D eigenvalue weighted by Crippen LogP contribution is 2.69. The lowest BCUT2D eigenvalue weighted by molar-refractivity contribution is -0.169. The topological polar surface area (TPSA) is 55.9 Å². The highest BCUT2D eigenvalue weighted by molar-refractivity contribution is 5.80. The third kappa shape index (κ3) is 2.80. The van der Waals surface area contributed by atoms with Crippen LogP contribution in [0.15, 0.2) is 0 Å². The third-order valence-corrected chi connectivity index (χ3v) is 10.5. The Bertz CT molecular complexity index is 718. The van der Waals surface area contributed by atoms with Gasteiger partial charge in [-0.1, -0.05) is 20.8 Å². The number of epoxide rings is 1. The van der Waals surface area contributed by atoms with Crippen LogP contribution in [-0.2, 0) is 19.1 Å². The molecule has 5 aliphatic rings. The Kier molecular flexibility index (Phi) is 4.52. The number of hydrogen-bond donors (Lipinski definition) is 0. The number of ketones is 1. The molecule has 1 saturated heterocycles. The van der Waals surface area contributed by atoms with Crippen molar-refractivity contribution in [3.63, 3.8) is 0 Å². The Morgan fingerprint density at radius 1 is 1.10 bits per heavy atom. The van der Waals surface area contributed by atoms with Gasteiger partial charge in [-0.05, 0) is 80.0 Å². The maximum Gasteiger partial charge on any atom is 0.302 e. The molecule has 5 fully saturated rings. The fraction of sp³-hybridized carbons (Fsp3) is 0.920. The molecule has 5 rings (SSSR count). The minimum Gasteiger partial charge on any atom is -0.462 e. The predicted molar refractivity (Wildman–Crippen MR) is 110 cm³/mol. The molecule has 29 heavy (non-hydrogen) atoms. The summed E-state index contributed by atoms with van der Waals surface area (Å²) in [5.41, 5.74) is 0.346. The summed E-state index contributed by atoms with van der Waals surface area (Å²) in [6.45, 7) is 11.0. The minimum absolute atomic E-state index is 0.0308. The number of fused-ring (bicyclic) bond motifs is 5. The van der Waals surface area contributed by atoms with Crippen LogP contribution in [0.25, 0.3) is 0 Å². The van der Waals surface area contributed by atoms with E-state index in [2.05, 4.69) is 27.7 Å². The van der Waals surface area contributed by atoms with E-state index in [1.807, 2.05) is 0 Å². The summed E-state index contributed by atoms with van der Waals surface area (Å²) < 4.78 is 11.9. The monoisotopic (exact) mass is 402 g/mol. The summed E-state index contributed by atoms with van der Waals surface area (Å²) in [5.74, 6) is 3.82. The Morgan fingerprint density at radius 2 is 1.83 bits per heavy atom. The summed E-state index contributed by atoms with van der Waals surface area (Å²) in [7, 11) is 0. The quantitative estimate of drug-likeness (QED) is 0.492. The first-order valence-electron chi connectivity index (χ1n) is 12.0. The maximum absolute atomic E-state index is 12.3. The van der Waals surface area contributed by atoms with Crippen LogP contribution in [0.5, 0.6) is 0 Å². The number of carbonyl (C=O) groups excluding carboxylic acids is 2. The zero-order valence-corrected chi connectivity index (χ0v) is 18.8. The van der Waals surface area contributed by atoms with Gasteiger partial charge in [-0.3, -0.25) is 9.59 Å². The van der Waals surface area contributed by atoms with Crippen molar-refractivity contribution in [2.24, 2.45) is 46.3 Å². The van der Waals surface area contributed by atoms with Gasteiger partial charge in [-0.25, -0.2) is 0 Å². The molecule has 0 aromatic carbocycles.